The predicted molar refractivity (Wildman–Crippen MR) is 99.2 cm³/mol. The van der Waals surface area contributed by atoms with Crippen molar-refractivity contribution in [1.82, 2.24) is 5.48 Å². The number of alkyl halides is 3. The van der Waals surface area contributed by atoms with Crippen LogP contribution >= 0.6 is 0 Å². The molecule has 0 atom stereocenters. The lowest BCUT2D eigenvalue weighted by Crippen LogP contribution is -2.23. The minimum Gasteiger partial charge on any atom is -0.287 e. The van der Waals surface area contributed by atoms with Crippen LogP contribution in [0.1, 0.15) is 21.5 Å². The highest BCUT2D eigenvalue weighted by Crippen LogP contribution is 2.22. The van der Waals surface area contributed by atoms with Gasteiger partial charge in [-0.1, -0.05) is 61.2 Å². The molecule has 0 amide bonds. The molecule has 28 heavy (non-hydrogen) atoms. The van der Waals surface area contributed by atoms with Gasteiger partial charge < -0.3 is 0 Å². The quantitative estimate of drug-likeness (QED) is 0.446. The number of carbonyl (C=O) groups excluding carboxylic acids is 1. The van der Waals surface area contributed by atoms with Crippen molar-refractivity contribution in [3.05, 3.63) is 83.6 Å². The predicted octanol–water partition coefficient (Wildman–Crippen LogP) is 3.87. The average Bonchev–Trinajstić information content (AvgIpc) is 3.19. The standard InChI is InChI=1S/C20H16F3N3O2/c1-13(26-28-12-14-5-3-2-4-6-14)18(27)15-7-9-16(10-8-15)19-24-11-17(25-19)20(21,22)23/h2-10,26H,1,11-12H2. The minimum atomic E-state index is -4.50. The number of nitrogens with one attached hydrogen (secondary N) is 1. The zero-order chi connectivity index (χ0) is 20.1. The number of amidine groups is 1. The Hall–Kier alpha value is -3.26. The van der Waals surface area contributed by atoms with Gasteiger partial charge in [-0.2, -0.15) is 13.2 Å². The summed E-state index contributed by atoms with van der Waals surface area (Å²) < 4.78 is 37.9. The van der Waals surface area contributed by atoms with Crippen molar-refractivity contribution in [2.45, 2.75) is 12.8 Å². The molecule has 1 heterocycles. The first-order chi connectivity index (χ1) is 13.3. The lowest BCUT2D eigenvalue weighted by Gasteiger charge is -2.09. The summed E-state index contributed by atoms with van der Waals surface area (Å²) in [5.41, 5.74) is 3.25. The number of aliphatic imine (C=N–C) groups is 2. The number of Topliss-reactive ketones (excluding diaryl/α,β-unsaturated/α-hetero) is 1. The van der Waals surface area contributed by atoms with E-state index < -0.39 is 24.2 Å². The van der Waals surface area contributed by atoms with Crippen LogP contribution in [0.5, 0.6) is 0 Å². The third-order valence-electron chi connectivity index (χ3n) is 3.90. The Morgan fingerprint density at radius 2 is 1.79 bits per heavy atom. The van der Waals surface area contributed by atoms with Gasteiger partial charge in [0.15, 0.2) is 5.84 Å². The lowest BCUT2D eigenvalue weighted by molar-refractivity contribution is -0.0592. The SMILES string of the molecule is C=C(NOCc1ccccc1)C(=O)c1ccc(C2=NCC(C(F)(F)F)=N2)cc1. The van der Waals surface area contributed by atoms with Crippen LogP contribution in [-0.4, -0.2) is 30.1 Å². The molecule has 0 aromatic heterocycles. The summed E-state index contributed by atoms with van der Waals surface area (Å²) in [5.74, 6) is -0.401. The molecule has 0 aliphatic carbocycles. The molecule has 5 nitrogen and oxygen atoms in total. The Bertz CT molecular complexity index is 933. The van der Waals surface area contributed by atoms with Crippen molar-refractivity contribution in [3.8, 4) is 0 Å². The number of allylic oxidation sites excluding steroid dienone is 1. The molecule has 0 radical (unpaired) electrons. The number of halogens is 3. The van der Waals surface area contributed by atoms with Gasteiger partial charge >= 0.3 is 6.18 Å². The number of carbonyl (C=O) groups is 1. The second kappa shape index (κ2) is 8.18. The summed E-state index contributed by atoms with van der Waals surface area (Å²) in [6.07, 6.45) is -4.50. The molecule has 144 valence electrons. The second-order valence-corrected chi connectivity index (χ2v) is 5.96. The highest BCUT2D eigenvalue weighted by molar-refractivity contribution is 6.14. The van der Waals surface area contributed by atoms with E-state index in [9.17, 15) is 18.0 Å². The van der Waals surface area contributed by atoms with Gasteiger partial charge in [0.2, 0.25) is 5.78 Å². The Morgan fingerprint density at radius 3 is 2.39 bits per heavy atom. The summed E-state index contributed by atoms with van der Waals surface area (Å²) in [4.78, 5) is 24.9. The van der Waals surface area contributed by atoms with E-state index in [0.29, 0.717) is 11.1 Å². The van der Waals surface area contributed by atoms with Crippen LogP contribution < -0.4 is 5.48 Å². The Labute approximate surface area is 159 Å². The van der Waals surface area contributed by atoms with E-state index in [1.165, 1.54) is 24.3 Å². The van der Waals surface area contributed by atoms with Crippen molar-refractivity contribution in [2.24, 2.45) is 9.98 Å². The molecule has 0 unspecified atom stereocenters. The number of hydroxylamine groups is 1. The Morgan fingerprint density at radius 1 is 1.11 bits per heavy atom. The Balaban J connectivity index is 1.58. The van der Waals surface area contributed by atoms with E-state index in [1.54, 1.807) is 0 Å². The number of ketones is 1. The van der Waals surface area contributed by atoms with Gasteiger partial charge in [0, 0.05) is 11.1 Å². The van der Waals surface area contributed by atoms with E-state index in [1.807, 2.05) is 30.3 Å². The molecule has 1 aliphatic heterocycles. The maximum absolute atomic E-state index is 12.6. The topological polar surface area (TPSA) is 63.0 Å². The molecule has 0 fully saturated rings. The van der Waals surface area contributed by atoms with Gasteiger partial charge in [0.05, 0.1) is 13.2 Å². The number of benzene rings is 2. The maximum Gasteiger partial charge on any atom is 0.431 e. The smallest absolute Gasteiger partial charge is 0.287 e. The van der Waals surface area contributed by atoms with Gasteiger partial charge in [0.1, 0.15) is 11.4 Å². The third-order valence-corrected chi connectivity index (χ3v) is 3.90. The van der Waals surface area contributed by atoms with Gasteiger partial charge in [-0.25, -0.2) is 4.99 Å². The fourth-order valence-corrected chi connectivity index (χ4v) is 2.43. The molecule has 2 aromatic rings. The molecular weight excluding hydrogens is 371 g/mol. The first kappa shape index (κ1) is 19.5. The summed E-state index contributed by atoms with van der Waals surface area (Å²) in [5, 5.41) is 0. The lowest BCUT2D eigenvalue weighted by atomic mass is 10.1. The Kier molecular flexibility index (Phi) is 5.70. The molecule has 0 bridgehead atoms. The highest BCUT2D eigenvalue weighted by Gasteiger charge is 2.37. The van der Waals surface area contributed by atoms with Crippen LogP contribution in [-0.2, 0) is 11.4 Å². The maximum atomic E-state index is 12.6. The van der Waals surface area contributed by atoms with Crippen molar-refractivity contribution >= 4 is 17.3 Å². The molecule has 3 rings (SSSR count). The van der Waals surface area contributed by atoms with Crippen LogP contribution in [0.15, 0.2) is 76.9 Å². The molecule has 0 saturated carbocycles. The van der Waals surface area contributed by atoms with E-state index in [4.69, 9.17) is 4.84 Å². The van der Waals surface area contributed by atoms with Crippen molar-refractivity contribution in [3.63, 3.8) is 0 Å². The van der Waals surface area contributed by atoms with Crippen LogP contribution in [0.4, 0.5) is 13.2 Å². The van der Waals surface area contributed by atoms with E-state index >= 15 is 0 Å². The van der Waals surface area contributed by atoms with Crippen LogP contribution in [0.2, 0.25) is 0 Å². The fourth-order valence-electron chi connectivity index (χ4n) is 2.43. The third kappa shape index (κ3) is 4.72. The zero-order valence-electron chi connectivity index (χ0n) is 14.7. The zero-order valence-corrected chi connectivity index (χ0v) is 14.7. The monoisotopic (exact) mass is 387 g/mol. The van der Waals surface area contributed by atoms with E-state index in [-0.39, 0.29) is 18.1 Å². The fraction of sp³-hybridized carbons (Fsp3) is 0.150. The van der Waals surface area contributed by atoms with Gasteiger partial charge in [-0.3, -0.25) is 20.1 Å². The van der Waals surface area contributed by atoms with Crippen LogP contribution in [0, 0.1) is 0 Å². The molecule has 0 spiro atoms. The van der Waals surface area contributed by atoms with Crippen LogP contribution in [0.3, 0.4) is 0 Å². The molecule has 8 heteroatoms. The number of hydrogen-bond donors (Lipinski definition) is 1. The summed E-state index contributed by atoms with van der Waals surface area (Å²) in [6.45, 7) is 3.40. The van der Waals surface area contributed by atoms with E-state index in [2.05, 4.69) is 22.0 Å². The molecule has 1 N–H and O–H groups in total. The van der Waals surface area contributed by atoms with Crippen LogP contribution in [0.25, 0.3) is 0 Å². The summed E-state index contributed by atoms with van der Waals surface area (Å²) >= 11 is 0. The molecule has 2 aromatic carbocycles. The number of nitrogens with zero attached hydrogens (tertiary/aromatic N) is 2. The van der Waals surface area contributed by atoms with Gasteiger partial charge in [-0.15, -0.1) is 0 Å². The van der Waals surface area contributed by atoms with Gasteiger partial charge in [0.25, 0.3) is 0 Å². The minimum absolute atomic E-state index is 0.00512. The average molecular weight is 387 g/mol. The highest BCUT2D eigenvalue weighted by atomic mass is 19.4. The molecule has 0 saturated heterocycles. The number of rotatable bonds is 7. The second-order valence-electron chi connectivity index (χ2n) is 5.96. The van der Waals surface area contributed by atoms with Crippen molar-refractivity contribution in [1.29, 1.82) is 0 Å². The summed E-state index contributed by atoms with van der Waals surface area (Å²) in [6, 6.07) is 15.3. The molecular formula is C20H16F3N3O2. The number of hydrogen-bond acceptors (Lipinski definition) is 5. The normalized spacial score (nSPS) is 13.7. The molecule has 1 aliphatic rings. The van der Waals surface area contributed by atoms with Gasteiger partial charge in [-0.05, 0) is 5.56 Å². The van der Waals surface area contributed by atoms with E-state index in [0.717, 1.165) is 5.56 Å². The first-order valence-electron chi connectivity index (χ1n) is 8.29. The van der Waals surface area contributed by atoms with Crippen molar-refractivity contribution < 1.29 is 22.8 Å². The first-order valence-corrected chi connectivity index (χ1v) is 8.29. The largest absolute Gasteiger partial charge is 0.431 e. The summed E-state index contributed by atoms with van der Waals surface area (Å²) in [7, 11) is 0. The van der Waals surface area contributed by atoms with Crippen molar-refractivity contribution in [2.75, 3.05) is 6.54 Å².